The number of oxazole rings is 1. The summed E-state index contributed by atoms with van der Waals surface area (Å²) in [6.45, 7) is 0. The van der Waals surface area contributed by atoms with Crippen molar-refractivity contribution in [1.82, 2.24) is 4.57 Å². The van der Waals surface area contributed by atoms with Crippen molar-refractivity contribution in [2.24, 2.45) is 7.05 Å². The van der Waals surface area contributed by atoms with E-state index in [-0.39, 0.29) is 5.56 Å². The Balaban J connectivity index is 2.09. The third kappa shape index (κ3) is 2.23. The zero-order valence-electron chi connectivity index (χ0n) is 11.0. The van der Waals surface area contributed by atoms with E-state index >= 15 is 0 Å². The van der Waals surface area contributed by atoms with E-state index in [1.54, 1.807) is 19.2 Å². The predicted molar refractivity (Wildman–Crippen MR) is 71.9 cm³/mol. The Hall–Kier alpha value is -2.47. The van der Waals surface area contributed by atoms with E-state index in [1.807, 2.05) is 0 Å². The maximum atomic E-state index is 13.7. The molecule has 0 amide bonds. The second-order valence-electron chi connectivity index (χ2n) is 4.72. The molecule has 0 radical (unpaired) electrons. The predicted octanol–water partition coefficient (Wildman–Crippen LogP) is 2.49. The molecule has 2 aromatic carbocycles. The highest BCUT2D eigenvalue weighted by Crippen LogP contribution is 2.27. The van der Waals surface area contributed by atoms with E-state index in [1.165, 1.54) is 16.7 Å². The van der Waals surface area contributed by atoms with E-state index in [0.717, 1.165) is 6.07 Å². The molecular weight excluding hydrogens is 280 g/mol. The topological polar surface area (TPSA) is 55.4 Å². The smallest absolute Gasteiger partial charge is 0.408 e. The Morgan fingerprint density at radius 2 is 1.95 bits per heavy atom. The first-order chi connectivity index (χ1) is 9.97. The molecule has 0 saturated carbocycles. The second-order valence-corrected chi connectivity index (χ2v) is 4.72. The maximum Gasteiger partial charge on any atom is 0.419 e. The number of hydrogen-bond acceptors (Lipinski definition) is 3. The van der Waals surface area contributed by atoms with E-state index in [9.17, 15) is 18.7 Å². The summed E-state index contributed by atoms with van der Waals surface area (Å²) in [6.07, 6.45) is -1.28. The lowest BCUT2D eigenvalue weighted by atomic mass is 10.0. The summed E-state index contributed by atoms with van der Waals surface area (Å²) in [6, 6.07) is 7.58. The maximum absolute atomic E-state index is 13.7. The summed E-state index contributed by atoms with van der Waals surface area (Å²) in [5.74, 6) is -2.07. The minimum absolute atomic E-state index is 0.0472. The van der Waals surface area contributed by atoms with Crippen LogP contribution in [0.2, 0.25) is 0 Å². The van der Waals surface area contributed by atoms with Gasteiger partial charge in [-0.2, -0.15) is 0 Å². The van der Waals surface area contributed by atoms with Gasteiger partial charge < -0.3 is 9.52 Å². The molecule has 0 aliphatic carbocycles. The number of nitrogens with zero attached hydrogens (tertiary/aromatic N) is 1. The molecule has 0 spiro atoms. The number of aromatic nitrogens is 1. The molecule has 0 saturated heterocycles. The number of benzene rings is 2. The molecule has 0 fully saturated rings. The summed E-state index contributed by atoms with van der Waals surface area (Å²) in [7, 11) is 1.56. The summed E-state index contributed by atoms with van der Waals surface area (Å²) >= 11 is 0. The molecule has 4 nitrogen and oxygen atoms in total. The fourth-order valence-electron chi connectivity index (χ4n) is 2.22. The van der Waals surface area contributed by atoms with Gasteiger partial charge in [0.2, 0.25) is 0 Å². The van der Waals surface area contributed by atoms with Crippen molar-refractivity contribution in [2.75, 3.05) is 0 Å². The normalized spacial score (nSPS) is 12.8. The van der Waals surface area contributed by atoms with Crippen molar-refractivity contribution in [2.45, 2.75) is 6.10 Å². The molecule has 0 aliphatic heterocycles. The third-order valence-electron chi connectivity index (χ3n) is 3.39. The number of aliphatic hydroxyl groups excluding tert-OH is 1. The summed E-state index contributed by atoms with van der Waals surface area (Å²) in [5, 5.41) is 10.2. The molecule has 1 aromatic heterocycles. The van der Waals surface area contributed by atoms with Gasteiger partial charge in [-0.15, -0.1) is 0 Å². The Labute approximate surface area is 117 Å². The number of aryl methyl sites for hydroxylation is 1. The monoisotopic (exact) mass is 291 g/mol. The number of aliphatic hydroxyl groups is 1. The van der Waals surface area contributed by atoms with Crippen LogP contribution in [-0.2, 0) is 7.05 Å². The summed E-state index contributed by atoms with van der Waals surface area (Å²) in [4.78, 5) is 11.4. The molecule has 21 heavy (non-hydrogen) atoms. The zero-order chi connectivity index (χ0) is 15.1. The van der Waals surface area contributed by atoms with Crippen LogP contribution in [0.1, 0.15) is 17.2 Å². The largest absolute Gasteiger partial charge is 0.419 e. The fraction of sp³-hybridized carbons (Fsp3) is 0.133. The molecule has 1 N–H and O–H groups in total. The Bertz CT molecular complexity index is 882. The minimum atomic E-state index is -1.28. The first-order valence-corrected chi connectivity index (χ1v) is 6.20. The lowest BCUT2D eigenvalue weighted by Gasteiger charge is -2.12. The first-order valence-electron chi connectivity index (χ1n) is 6.20. The van der Waals surface area contributed by atoms with Gasteiger partial charge in [0.15, 0.2) is 5.58 Å². The van der Waals surface area contributed by atoms with Crippen molar-refractivity contribution < 1.29 is 18.3 Å². The Morgan fingerprint density at radius 3 is 2.67 bits per heavy atom. The van der Waals surface area contributed by atoms with Crippen LogP contribution in [-0.4, -0.2) is 9.67 Å². The van der Waals surface area contributed by atoms with Gasteiger partial charge in [0.25, 0.3) is 0 Å². The van der Waals surface area contributed by atoms with Crippen LogP contribution in [0.5, 0.6) is 0 Å². The molecule has 108 valence electrons. The van der Waals surface area contributed by atoms with Gasteiger partial charge in [-0.05, 0) is 23.8 Å². The molecule has 3 rings (SSSR count). The van der Waals surface area contributed by atoms with E-state index in [0.29, 0.717) is 22.7 Å². The van der Waals surface area contributed by atoms with Gasteiger partial charge in [0.05, 0.1) is 5.52 Å². The van der Waals surface area contributed by atoms with Crippen LogP contribution in [0.25, 0.3) is 11.1 Å². The number of hydrogen-bond donors (Lipinski definition) is 1. The standard InChI is InChI=1S/C15H11F2NO3/c1-18-12-5-2-8(6-13(12)21-15(18)20)14(19)10-4-3-9(16)7-11(10)17/h2-7,14,19H,1H3. The SMILES string of the molecule is Cn1c(=O)oc2cc(C(O)c3ccc(F)cc3F)ccc21. The molecule has 1 heterocycles. The van der Waals surface area contributed by atoms with Gasteiger partial charge in [-0.25, -0.2) is 13.6 Å². The lowest BCUT2D eigenvalue weighted by Crippen LogP contribution is -2.08. The lowest BCUT2D eigenvalue weighted by molar-refractivity contribution is 0.214. The van der Waals surface area contributed by atoms with Crippen LogP contribution in [0, 0.1) is 11.6 Å². The summed E-state index contributed by atoms with van der Waals surface area (Å²) in [5.41, 5.74) is 1.16. The molecule has 3 aromatic rings. The quantitative estimate of drug-likeness (QED) is 0.789. The molecule has 0 bridgehead atoms. The number of fused-ring (bicyclic) bond motifs is 1. The second kappa shape index (κ2) is 4.82. The van der Waals surface area contributed by atoms with Crippen molar-refractivity contribution >= 4 is 11.1 Å². The van der Waals surface area contributed by atoms with Crippen molar-refractivity contribution in [3.8, 4) is 0 Å². The van der Waals surface area contributed by atoms with E-state index < -0.39 is 23.5 Å². The zero-order valence-corrected chi connectivity index (χ0v) is 11.0. The highest BCUT2D eigenvalue weighted by atomic mass is 19.1. The average molecular weight is 291 g/mol. The van der Waals surface area contributed by atoms with Gasteiger partial charge in [0.1, 0.15) is 17.7 Å². The number of halogens is 2. The fourth-order valence-corrected chi connectivity index (χ4v) is 2.22. The molecule has 1 unspecified atom stereocenters. The van der Waals surface area contributed by atoms with Crippen molar-refractivity contribution in [3.05, 3.63) is 69.7 Å². The number of rotatable bonds is 2. The van der Waals surface area contributed by atoms with Crippen LogP contribution in [0.3, 0.4) is 0 Å². The van der Waals surface area contributed by atoms with Gasteiger partial charge in [-0.1, -0.05) is 12.1 Å². The van der Waals surface area contributed by atoms with Gasteiger partial charge >= 0.3 is 5.76 Å². The third-order valence-corrected chi connectivity index (χ3v) is 3.39. The van der Waals surface area contributed by atoms with Gasteiger partial charge in [0, 0.05) is 18.7 Å². The molecule has 6 heteroatoms. The van der Waals surface area contributed by atoms with Crippen LogP contribution in [0.15, 0.2) is 45.6 Å². The Kier molecular flexibility index (Phi) is 3.10. The Morgan fingerprint density at radius 1 is 1.19 bits per heavy atom. The first kappa shape index (κ1) is 13.5. The van der Waals surface area contributed by atoms with Crippen molar-refractivity contribution in [3.63, 3.8) is 0 Å². The minimum Gasteiger partial charge on any atom is -0.408 e. The molecular formula is C15H11F2NO3. The average Bonchev–Trinajstić information content (AvgIpc) is 2.73. The highest BCUT2D eigenvalue weighted by molar-refractivity contribution is 5.74. The van der Waals surface area contributed by atoms with Crippen LogP contribution in [0.4, 0.5) is 8.78 Å². The highest BCUT2D eigenvalue weighted by Gasteiger charge is 2.17. The van der Waals surface area contributed by atoms with E-state index in [2.05, 4.69) is 0 Å². The molecule has 1 atom stereocenters. The van der Waals surface area contributed by atoms with Crippen molar-refractivity contribution in [1.29, 1.82) is 0 Å². The van der Waals surface area contributed by atoms with E-state index in [4.69, 9.17) is 4.42 Å². The van der Waals surface area contributed by atoms with Crippen LogP contribution >= 0.6 is 0 Å². The molecule has 0 aliphatic rings. The van der Waals surface area contributed by atoms with Crippen LogP contribution < -0.4 is 5.76 Å². The van der Waals surface area contributed by atoms with Gasteiger partial charge in [-0.3, -0.25) is 4.57 Å². The summed E-state index contributed by atoms with van der Waals surface area (Å²) < 4.78 is 32.9.